The highest BCUT2D eigenvalue weighted by atomic mass is 16.3. The van der Waals surface area contributed by atoms with Crippen LogP contribution in [0.1, 0.15) is 43.6 Å². The molecule has 0 saturated heterocycles. The molecule has 0 amide bonds. The molecule has 2 nitrogen and oxygen atoms in total. The van der Waals surface area contributed by atoms with E-state index in [4.69, 9.17) is 4.42 Å². The van der Waals surface area contributed by atoms with E-state index in [0.29, 0.717) is 11.5 Å². The van der Waals surface area contributed by atoms with Gasteiger partial charge in [-0.3, -0.25) is 0 Å². The first-order valence-electron chi connectivity index (χ1n) is 6.00. The molecule has 0 aliphatic heterocycles. The van der Waals surface area contributed by atoms with E-state index in [2.05, 4.69) is 31.4 Å². The minimum Gasteiger partial charge on any atom is -0.466 e. The Morgan fingerprint density at radius 2 is 2.20 bits per heavy atom. The third kappa shape index (κ3) is 1.71. The van der Waals surface area contributed by atoms with Crippen molar-refractivity contribution in [2.24, 2.45) is 5.92 Å². The Hall–Kier alpha value is -0.760. The summed E-state index contributed by atoms with van der Waals surface area (Å²) in [7, 11) is 2.06. The predicted molar refractivity (Wildman–Crippen MR) is 60.0 cm³/mol. The maximum absolute atomic E-state index is 5.92. The molecule has 3 rings (SSSR count). The highest BCUT2D eigenvalue weighted by Crippen LogP contribution is 2.48. The van der Waals surface area contributed by atoms with Gasteiger partial charge in [-0.2, -0.15) is 0 Å². The van der Waals surface area contributed by atoms with Crippen molar-refractivity contribution in [3.8, 4) is 0 Å². The van der Waals surface area contributed by atoms with Gasteiger partial charge in [-0.25, -0.2) is 0 Å². The third-order valence-corrected chi connectivity index (χ3v) is 4.05. The zero-order valence-electron chi connectivity index (χ0n) is 9.55. The van der Waals surface area contributed by atoms with Crippen LogP contribution in [0.25, 0.3) is 0 Å². The fourth-order valence-electron chi connectivity index (χ4n) is 2.41. The first-order chi connectivity index (χ1) is 7.22. The standard InChI is InChI=1S/C13H19NO/c1-9-7-11(9)12-4-3-10(15-12)8-13(14-2)5-6-13/h3-4,9,11,14H,5-8H2,1-2H3. The van der Waals surface area contributed by atoms with E-state index in [1.54, 1.807) is 0 Å². The highest BCUT2D eigenvalue weighted by molar-refractivity contribution is 5.20. The van der Waals surface area contributed by atoms with Crippen LogP contribution in [-0.2, 0) is 6.42 Å². The predicted octanol–water partition coefficient (Wildman–Crippen LogP) is 2.70. The van der Waals surface area contributed by atoms with Gasteiger partial charge in [-0.05, 0) is 44.4 Å². The summed E-state index contributed by atoms with van der Waals surface area (Å²) >= 11 is 0. The molecule has 1 aromatic rings. The number of nitrogens with one attached hydrogen (secondary N) is 1. The van der Waals surface area contributed by atoms with Gasteiger partial charge >= 0.3 is 0 Å². The van der Waals surface area contributed by atoms with Crippen LogP contribution in [0.4, 0.5) is 0 Å². The summed E-state index contributed by atoms with van der Waals surface area (Å²) in [5.41, 5.74) is 0.365. The van der Waals surface area contributed by atoms with Gasteiger partial charge in [0.1, 0.15) is 11.5 Å². The summed E-state index contributed by atoms with van der Waals surface area (Å²) < 4.78 is 5.92. The van der Waals surface area contributed by atoms with E-state index in [1.165, 1.54) is 25.0 Å². The van der Waals surface area contributed by atoms with Crippen LogP contribution in [0.2, 0.25) is 0 Å². The van der Waals surface area contributed by atoms with Crippen molar-refractivity contribution >= 4 is 0 Å². The lowest BCUT2D eigenvalue weighted by Crippen LogP contribution is -2.29. The second-order valence-electron chi connectivity index (χ2n) is 5.33. The lowest BCUT2D eigenvalue weighted by atomic mass is 10.1. The van der Waals surface area contributed by atoms with Crippen molar-refractivity contribution in [3.63, 3.8) is 0 Å². The lowest BCUT2D eigenvalue weighted by Gasteiger charge is -2.11. The molecule has 2 atom stereocenters. The zero-order valence-corrected chi connectivity index (χ0v) is 9.55. The summed E-state index contributed by atoms with van der Waals surface area (Å²) in [6, 6.07) is 4.34. The molecule has 1 aromatic heterocycles. The second-order valence-corrected chi connectivity index (χ2v) is 5.33. The van der Waals surface area contributed by atoms with Crippen LogP contribution in [0, 0.1) is 5.92 Å². The SMILES string of the molecule is CNC1(Cc2ccc(C3CC3C)o2)CC1. The summed E-state index contributed by atoms with van der Waals surface area (Å²) in [6.45, 7) is 2.29. The Bertz CT molecular complexity index is 364. The largest absolute Gasteiger partial charge is 0.466 e. The van der Waals surface area contributed by atoms with Gasteiger partial charge < -0.3 is 9.73 Å². The quantitative estimate of drug-likeness (QED) is 0.817. The van der Waals surface area contributed by atoms with Crippen LogP contribution < -0.4 is 5.32 Å². The van der Waals surface area contributed by atoms with Crippen molar-refractivity contribution < 1.29 is 4.42 Å². The zero-order chi connectivity index (χ0) is 10.5. The van der Waals surface area contributed by atoms with Crippen LogP contribution in [0.15, 0.2) is 16.5 Å². The molecule has 0 bridgehead atoms. The van der Waals surface area contributed by atoms with E-state index in [1.807, 2.05) is 0 Å². The van der Waals surface area contributed by atoms with Crippen molar-refractivity contribution in [2.75, 3.05) is 7.05 Å². The molecule has 0 spiro atoms. The summed E-state index contributed by atoms with van der Waals surface area (Å²) in [4.78, 5) is 0. The number of hydrogen-bond acceptors (Lipinski definition) is 2. The fourth-order valence-corrected chi connectivity index (χ4v) is 2.41. The molecular formula is C13H19NO. The third-order valence-electron chi connectivity index (χ3n) is 4.05. The average Bonchev–Trinajstić information content (AvgIpc) is 3.10. The monoisotopic (exact) mass is 205 g/mol. The summed E-state index contributed by atoms with van der Waals surface area (Å²) in [5.74, 6) is 3.92. The molecule has 0 radical (unpaired) electrons. The first-order valence-corrected chi connectivity index (χ1v) is 6.00. The normalized spacial score (nSPS) is 31.6. The molecule has 2 aliphatic rings. The molecular weight excluding hydrogens is 186 g/mol. The Morgan fingerprint density at radius 3 is 2.73 bits per heavy atom. The summed E-state index contributed by atoms with van der Waals surface area (Å²) in [5, 5.41) is 3.40. The Labute approximate surface area is 91.0 Å². The van der Waals surface area contributed by atoms with Crippen molar-refractivity contribution in [1.82, 2.24) is 5.32 Å². The molecule has 2 aliphatic carbocycles. The van der Waals surface area contributed by atoms with Crippen LogP contribution in [-0.4, -0.2) is 12.6 Å². The molecule has 2 fully saturated rings. The van der Waals surface area contributed by atoms with Crippen LogP contribution >= 0.6 is 0 Å². The first kappa shape index (κ1) is 9.46. The highest BCUT2D eigenvalue weighted by Gasteiger charge is 2.42. The number of likely N-dealkylation sites (N-methyl/N-ethyl adjacent to an activating group) is 1. The minimum absolute atomic E-state index is 0.365. The Kier molecular flexibility index (Phi) is 1.96. The molecule has 1 heterocycles. The number of rotatable bonds is 4. The van der Waals surface area contributed by atoms with E-state index in [-0.39, 0.29) is 0 Å². The molecule has 2 saturated carbocycles. The van der Waals surface area contributed by atoms with Crippen molar-refractivity contribution in [1.29, 1.82) is 0 Å². The topological polar surface area (TPSA) is 25.2 Å². The van der Waals surface area contributed by atoms with Gasteiger partial charge in [0.15, 0.2) is 0 Å². The van der Waals surface area contributed by atoms with E-state index < -0.39 is 0 Å². The molecule has 0 aromatic carbocycles. The molecule has 82 valence electrons. The maximum Gasteiger partial charge on any atom is 0.107 e. The number of hydrogen-bond donors (Lipinski definition) is 1. The van der Waals surface area contributed by atoms with Gasteiger partial charge in [-0.1, -0.05) is 6.92 Å². The molecule has 2 heteroatoms. The van der Waals surface area contributed by atoms with Gasteiger partial charge in [0.05, 0.1) is 0 Å². The lowest BCUT2D eigenvalue weighted by molar-refractivity contribution is 0.422. The van der Waals surface area contributed by atoms with Crippen LogP contribution in [0.3, 0.4) is 0 Å². The average molecular weight is 205 g/mol. The minimum atomic E-state index is 0.365. The fraction of sp³-hybridized carbons (Fsp3) is 0.692. The van der Waals surface area contributed by atoms with Gasteiger partial charge in [0.25, 0.3) is 0 Å². The molecule has 2 unspecified atom stereocenters. The molecule has 1 N–H and O–H groups in total. The maximum atomic E-state index is 5.92. The smallest absolute Gasteiger partial charge is 0.107 e. The summed E-state index contributed by atoms with van der Waals surface area (Å²) in [6.07, 6.45) is 4.95. The van der Waals surface area contributed by atoms with Gasteiger partial charge in [0.2, 0.25) is 0 Å². The van der Waals surface area contributed by atoms with E-state index in [9.17, 15) is 0 Å². The second kappa shape index (κ2) is 3.11. The van der Waals surface area contributed by atoms with E-state index >= 15 is 0 Å². The van der Waals surface area contributed by atoms with Gasteiger partial charge in [-0.15, -0.1) is 0 Å². The van der Waals surface area contributed by atoms with Crippen LogP contribution in [0.5, 0.6) is 0 Å². The molecule has 15 heavy (non-hydrogen) atoms. The van der Waals surface area contributed by atoms with Gasteiger partial charge in [0, 0.05) is 17.9 Å². The van der Waals surface area contributed by atoms with Crippen molar-refractivity contribution in [2.45, 2.75) is 44.1 Å². The Balaban J connectivity index is 1.68. The Morgan fingerprint density at radius 1 is 1.47 bits per heavy atom. The van der Waals surface area contributed by atoms with Crippen molar-refractivity contribution in [3.05, 3.63) is 23.7 Å². The van der Waals surface area contributed by atoms with E-state index in [0.717, 1.165) is 18.1 Å². The number of furan rings is 1.